The van der Waals surface area contributed by atoms with Crippen molar-refractivity contribution in [3.05, 3.63) is 60.2 Å². The smallest absolute Gasteiger partial charge is 0.157 e. The number of rotatable bonds is 6. The topological polar surface area (TPSA) is 26.3 Å². The fraction of sp³-hybridized carbons (Fsp3) is 0.278. The van der Waals surface area contributed by atoms with E-state index >= 15 is 0 Å². The predicted molar refractivity (Wildman–Crippen MR) is 89.9 cm³/mol. The Hall–Kier alpha value is -1.87. The highest BCUT2D eigenvalue weighted by atomic mass is 28.3. The molecule has 110 valence electrons. The Bertz CT molecular complexity index is 588. The second-order valence-electron chi connectivity index (χ2n) is 5.76. The van der Waals surface area contributed by atoms with Gasteiger partial charge in [-0.15, -0.1) is 0 Å². The van der Waals surface area contributed by atoms with E-state index < -0.39 is 8.07 Å². The predicted octanol–water partition coefficient (Wildman–Crippen LogP) is 3.35. The molecule has 0 bridgehead atoms. The molecule has 0 spiro atoms. The summed E-state index contributed by atoms with van der Waals surface area (Å²) in [6.45, 7) is 4.28. The first kappa shape index (κ1) is 15.5. The van der Waals surface area contributed by atoms with Crippen LogP contribution in [0.2, 0.25) is 13.1 Å². The van der Waals surface area contributed by atoms with Crippen molar-refractivity contribution in [2.75, 3.05) is 7.11 Å². The lowest BCUT2D eigenvalue weighted by atomic mass is 10.1. The maximum atomic E-state index is 12.6. The molecule has 2 nitrogen and oxygen atoms in total. The van der Waals surface area contributed by atoms with Crippen molar-refractivity contribution in [1.29, 1.82) is 0 Å². The molecule has 0 N–H and O–H groups in total. The Balaban J connectivity index is 2.00. The van der Waals surface area contributed by atoms with Crippen molar-refractivity contribution >= 4 is 18.7 Å². The van der Waals surface area contributed by atoms with E-state index in [0.717, 1.165) is 12.2 Å². The van der Waals surface area contributed by atoms with Crippen LogP contribution in [-0.2, 0) is 11.2 Å². The maximum absolute atomic E-state index is 12.6. The average molecular weight is 298 g/mol. The van der Waals surface area contributed by atoms with Crippen LogP contribution in [0, 0.1) is 0 Å². The van der Waals surface area contributed by atoms with E-state index in [-0.39, 0.29) is 0 Å². The third kappa shape index (κ3) is 3.82. The number of ether oxygens (including phenoxy) is 1. The van der Waals surface area contributed by atoms with Gasteiger partial charge in [-0.3, -0.25) is 0 Å². The van der Waals surface area contributed by atoms with Crippen LogP contribution in [0.25, 0.3) is 0 Å². The zero-order valence-corrected chi connectivity index (χ0v) is 13.9. The highest BCUT2D eigenvalue weighted by Crippen LogP contribution is 2.14. The maximum Gasteiger partial charge on any atom is 0.157 e. The molecule has 0 aromatic heterocycles. The van der Waals surface area contributed by atoms with Gasteiger partial charge in [-0.1, -0.05) is 60.7 Å². The lowest BCUT2D eigenvalue weighted by Gasteiger charge is -2.21. The molecule has 0 aliphatic rings. The second kappa shape index (κ2) is 6.72. The van der Waals surface area contributed by atoms with E-state index in [0.29, 0.717) is 11.8 Å². The summed E-state index contributed by atoms with van der Waals surface area (Å²) >= 11 is 0. The van der Waals surface area contributed by atoms with Crippen LogP contribution in [0.1, 0.15) is 12.0 Å². The fourth-order valence-electron chi connectivity index (χ4n) is 2.38. The molecule has 3 heteroatoms. The van der Waals surface area contributed by atoms with Crippen molar-refractivity contribution in [3.8, 4) is 5.75 Å². The molecular formula is C18H22O2Si. The lowest BCUT2D eigenvalue weighted by molar-refractivity contribution is -0.112. The Morgan fingerprint density at radius 2 is 1.62 bits per heavy atom. The van der Waals surface area contributed by atoms with E-state index in [1.54, 1.807) is 7.11 Å². The number of carbonyl (C=O) groups excluding carboxylic acids is 1. The summed E-state index contributed by atoms with van der Waals surface area (Å²) in [5.74, 6) is 0.851. The normalized spacial score (nSPS) is 11.2. The van der Waals surface area contributed by atoms with Crippen LogP contribution < -0.4 is 9.92 Å². The zero-order valence-electron chi connectivity index (χ0n) is 12.9. The van der Waals surface area contributed by atoms with Crippen LogP contribution in [0.5, 0.6) is 5.75 Å². The Kier molecular flexibility index (Phi) is 4.97. The largest absolute Gasteiger partial charge is 0.497 e. The molecule has 0 saturated heterocycles. The zero-order chi connectivity index (χ0) is 15.3. The average Bonchev–Trinajstić information content (AvgIpc) is 2.53. The first-order valence-electron chi connectivity index (χ1n) is 7.26. The number of hydrogen-bond donors (Lipinski definition) is 0. The number of carbonyl (C=O) groups is 1. The Labute approximate surface area is 127 Å². The van der Waals surface area contributed by atoms with E-state index in [9.17, 15) is 4.79 Å². The van der Waals surface area contributed by atoms with Gasteiger partial charge in [-0.2, -0.15) is 0 Å². The van der Waals surface area contributed by atoms with Gasteiger partial charge in [-0.05, 0) is 24.1 Å². The van der Waals surface area contributed by atoms with E-state index in [4.69, 9.17) is 4.74 Å². The van der Waals surface area contributed by atoms with E-state index in [1.165, 1.54) is 10.8 Å². The summed E-state index contributed by atoms with van der Waals surface area (Å²) in [5, 5.41) is 1.62. The third-order valence-electron chi connectivity index (χ3n) is 3.99. The van der Waals surface area contributed by atoms with Gasteiger partial charge >= 0.3 is 0 Å². The van der Waals surface area contributed by atoms with Crippen molar-refractivity contribution in [2.45, 2.75) is 25.9 Å². The van der Waals surface area contributed by atoms with Crippen LogP contribution in [0.15, 0.2) is 54.6 Å². The van der Waals surface area contributed by atoms with E-state index in [2.05, 4.69) is 25.2 Å². The van der Waals surface area contributed by atoms with Gasteiger partial charge < -0.3 is 9.53 Å². The van der Waals surface area contributed by atoms with Gasteiger partial charge in [0.05, 0.1) is 7.11 Å². The minimum atomic E-state index is -2.02. The molecule has 0 amide bonds. The minimum absolute atomic E-state index is 0.407. The molecule has 0 unspecified atom stereocenters. The first-order valence-corrected chi connectivity index (χ1v) is 10.3. The molecule has 0 heterocycles. The number of hydrogen-bond acceptors (Lipinski definition) is 2. The molecule has 2 aromatic rings. The van der Waals surface area contributed by atoms with Gasteiger partial charge in [0.25, 0.3) is 0 Å². The number of benzene rings is 2. The summed E-state index contributed by atoms with van der Waals surface area (Å²) in [5.41, 5.74) is 1.18. The molecule has 0 aliphatic heterocycles. The quantitative estimate of drug-likeness (QED) is 0.765. The van der Waals surface area contributed by atoms with Crippen LogP contribution >= 0.6 is 0 Å². The van der Waals surface area contributed by atoms with Crippen molar-refractivity contribution in [1.82, 2.24) is 0 Å². The standard InChI is InChI=1S/C18H22O2Si/c1-20-16-12-9-15(10-13-16)11-14-18(19)21(2,3)17-7-5-4-6-8-17/h4-10,12-13H,11,14H2,1-3H3. The lowest BCUT2D eigenvalue weighted by Crippen LogP contribution is -2.49. The van der Waals surface area contributed by atoms with Crippen molar-refractivity contribution in [2.24, 2.45) is 0 Å². The molecule has 2 rings (SSSR count). The molecule has 0 aliphatic carbocycles. The third-order valence-corrected chi connectivity index (χ3v) is 7.41. The summed E-state index contributed by atoms with van der Waals surface area (Å²) < 4.78 is 5.15. The Morgan fingerprint density at radius 3 is 2.19 bits per heavy atom. The van der Waals surface area contributed by atoms with Crippen LogP contribution in [-0.4, -0.2) is 20.6 Å². The van der Waals surface area contributed by atoms with Crippen molar-refractivity contribution in [3.63, 3.8) is 0 Å². The van der Waals surface area contributed by atoms with Crippen molar-refractivity contribution < 1.29 is 9.53 Å². The Morgan fingerprint density at radius 1 is 1.00 bits per heavy atom. The van der Waals surface area contributed by atoms with Crippen LogP contribution in [0.3, 0.4) is 0 Å². The summed E-state index contributed by atoms with van der Waals surface area (Å²) in [6.07, 6.45) is 1.41. The highest BCUT2D eigenvalue weighted by Gasteiger charge is 2.31. The van der Waals surface area contributed by atoms with Gasteiger partial charge in [0, 0.05) is 6.42 Å². The molecule has 21 heavy (non-hydrogen) atoms. The molecule has 0 fully saturated rings. The first-order chi connectivity index (χ1) is 10.0. The fourth-order valence-corrected chi connectivity index (χ4v) is 4.48. The summed E-state index contributed by atoms with van der Waals surface area (Å²) in [6, 6.07) is 18.1. The SMILES string of the molecule is COc1ccc(CCC(=O)[Si](C)(C)c2ccccc2)cc1. The molecular weight excluding hydrogens is 276 g/mol. The van der Waals surface area contributed by atoms with Gasteiger partial charge in [0.15, 0.2) is 8.07 Å². The molecule has 0 atom stereocenters. The summed E-state index contributed by atoms with van der Waals surface area (Å²) in [7, 11) is -0.359. The van der Waals surface area contributed by atoms with Gasteiger partial charge in [0.2, 0.25) is 0 Å². The summed E-state index contributed by atoms with van der Waals surface area (Å²) in [4.78, 5) is 12.6. The second-order valence-corrected chi connectivity index (χ2v) is 10.1. The number of aryl methyl sites for hydroxylation is 1. The monoisotopic (exact) mass is 298 g/mol. The molecule has 2 aromatic carbocycles. The number of methoxy groups -OCH3 is 1. The van der Waals surface area contributed by atoms with E-state index in [1.807, 2.05) is 42.5 Å². The van der Waals surface area contributed by atoms with Gasteiger partial charge in [-0.25, -0.2) is 0 Å². The minimum Gasteiger partial charge on any atom is -0.497 e. The molecule has 0 saturated carbocycles. The highest BCUT2D eigenvalue weighted by molar-refractivity contribution is 7.13. The van der Waals surface area contributed by atoms with Crippen LogP contribution in [0.4, 0.5) is 0 Å². The van der Waals surface area contributed by atoms with Gasteiger partial charge in [0.1, 0.15) is 11.2 Å². The molecule has 0 radical (unpaired) electrons.